The lowest BCUT2D eigenvalue weighted by Crippen LogP contribution is -2.23. The van der Waals surface area contributed by atoms with Gasteiger partial charge in [-0.1, -0.05) is 6.92 Å². The van der Waals surface area contributed by atoms with E-state index in [-0.39, 0.29) is 0 Å². The molecule has 1 unspecified atom stereocenters. The third kappa shape index (κ3) is 6.19. The van der Waals surface area contributed by atoms with Gasteiger partial charge >= 0.3 is 0 Å². The van der Waals surface area contributed by atoms with Crippen molar-refractivity contribution in [3.63, 3.8) is 0 Å². The molecule has 5 nitrogen and oxygen atoms in total. The van der Waals surface area contributed by atoms with Crippen LogP contribution in [-0.4, -0.2) is 48.1 Å². The summed E-state index contributed by atoms with van der Waals surface area (Å²) in [5.41, 5.74) is 0. The second-order valence-corrected chi connectivity index (χ2v) is 5.47. The molecule has 20 heavy (non-hydrogen) atoms. The molecule has 0 fully saturated rings. The zero-order valence-corrected chi connectivity index (χ0v) is 13.5. The van der Waals surface area contributed by atoms with Crippen molar-refractivity contribution in [3.8, 4) is 0 Å². The second kappa shape index (κ2) is 8.74. The van der Waals surface area contributed by atoms with Crippen LogP contribution in [-0.2, 0) is 6.42 Å². The Balaban J connectivity index is 2.71. The zero-order valence-electron chi connectivity index (χ0n) is 13.5. The topological polar surface area (TPSA) is 53.1 Å². The van der Waals surface area contributed by atoms with Gasteiger partial charge in [0.25, 0.3) is 0 Å². The minimum absolute atomic E-state index is 0.399. The van der Waals surface area contributed by atoms with Crippen molar-refractivity contribution in [1.82, 2.24) is 14.9 Å². The van der Waals surface area contributed by atoms with E-state index >= 15 is 0 Å². The molecule has 0 saturated carbocycles. The number of nitrogens with zero attached hydrogens (tertiary/aromatic N) is 3. The Morgan fingerprint density at radius 1 is 1.20 bits per heavy atom. The zero-order chi connectivity index (χ0) is 15.0. The van der Waals surface area contributed by atoms with Crippen molar-refractivity contribution >= 4 is 11.6 Å². The van der Waals surface area contributed by atoms with E-state index in [1.165, 1.54) is 0 Å². The van der Waals surface area contributed by atoms with Gasteiger partial charge in [-0.25, -0.2) is 9.97 Å². The lowest BCUT2D eigenvalue weighted by Gasteiger charge is -2.18. The molecule has 1 aromatic rings. The Hall–Kier alpha value is -1.36. The van der Waals surface area contributed by atoms with Gasteiger partial charge in [-0.15, -0.1) is 0 Å². The number of aryl methyl sites for hydroxylation is 1. The summed E-state index contributed by atoms with van der Waals surface area (Å²) in [6.45, 7) is 8.36. The van der Waals surface area contributed by atoms with Crippen LogP contribution < -0.4 is 10.6 Å². The number of anilines is 2. The van der Waals surface area contributed by atoms with Gasteiger partial charge in [0, 0.05) is 25.1 Å². The fourth-order valence-corrected chi connectivity index (χ4v) is 1.95. The molecule has 1 aromatic heterocycles. The summed E-state index contributed by atoms with van der Waals surface area (Å²) in [5.74, 6) is 2.74. The third-order valence-corrected chi connectivity index (χ3v) is 3.01. The normalized spacial score (nSPS) is 12.5. The SMILES string of the molecule is CCCc1nc(NCC)cc(NC(C)CCN(C)C)n1. The maximum atomic E-state index is 4.60. The molecule has 0 bridgehead atoms. The fraction of sp³-hybridized carbons (Fsp3) is 0.733. The maximum Gasteiger partial charge on any atom is 0.133 e. The summed E-state index contributed by atoms with van der Waals surface area (Å²) < 4.78 is 0. The van der Waals surface area contributed by atoms with Gasteiger partial charge in [-0.3, -0.25) is 0 Å². The number of aromatic nitrogens is 2. The average molecular weight is 279 g/mol. The maximum absolute atomic E-state index is 4.60. The Morgan fingerprint density at radius 2 is 1.90 bits per heavy atom. The first kappa shape index (κ1) is 16.7. The van der Waals surface area contributed by atoms with Gasteiger partial charge in [-0.05, 0) is 47.3 Å². The number of nitrogens with one attached hydrogen (secondary N) is 2. The van der Waals surface area contributed by atoms with Crippen molar-refractivity contribution < 1.29 is 0 Å². The number of rotatable bonds is 9. The summed E-state index contributed by atoms with van der Waals surface area (Å²) in [6.07, 6.45) is 3.07. The Labute approximate surface area is 123 Å². The van der Waals surface area contributed by atoms with Crippen molar-refractivity contribution in [2.45, 2.75) is 46.1 Å². The van der Waals surface area contributed by atoms with Gasteiger partial charge in [0.1, 0.15) is 17.5 Å². The molecule has 1 atom stereocenters. The van der Waals surface area contributed by atoms with Gasteiger partial charge in [-0.2, -0.15) is 0 Å². The Bertz CT molecular complexity index is 368. The summed E-state index contributed by atoms with van der Waals surface area (Å²) >= 11 is 0. The molecule has 0 saturated heterocycles. The molecule has 0 amide bonds. The summed E-state index contributed by atoms with van der Waals surface area (Å²) in [5, 5.41) is 6.75. The Morgan fingerprint density at radius 3 is 2.50 bits per heavy atom. The van der Waals surface area contributed by atoms with Crippen LogP contribution in [0.25, 0.3) is 0 Å². The summed E-state index contributed by atoms with van der Waals surface area (Å²) in [4.78, 5) is 11.3. The molecular weight excluding hydrogens is 250 g/mol. The van der Waals surface area contributed by atoms with E-state index in [0.29, 0.717) is 6.04 Å². The first-order chi connectivity index (χ1) is 9.55. The van der Waals surface area contributed by atoms with Gasteiger partial charge in [0.2, 0.25) is 0 Å². The molecule has 114 valence electrons. The van der Waals surface area contributed by atoms with Crippen molar-refractivity contribution in [2.24, 2.45) is 0 Å². The number of hydrogen-bond acceptors (Lipinski definition) is 5. The third-order valence-electron chi connectivity index (χ3n) is 3.01. The number of hydrogen-bond donors (Lipinski definition) is 2. The highest BCUT2D eigenvalue weighted by Crippen LogP contribution is 2.14. The van der Waals surface area contributed by atoms with Crippen LogP contribution in [0.3, 0.4) is 0 Å². The van der Waals surface area contributed by atoms with E-state index in [1.807, 2.05) is 6.07 Å². The summed E-state index contributed by atoms with van der Waals surface area (Å²) in [7, 11) is 4.19. The molecule has 2 N–H and O–H groups in total. The van der Waals surface area contributed by atoms with Crippen molar-refractivity contribution in [2.75, 3.05) is 37.8 Å². The minimum atomic E-state index is 0.399. The van der Waals surface area contributed by atoms with Crippen LogP contribution in [0.2, 0.25) is 0 Å². The quantitative estimate of drug-likeness (QED) is 0.728. The molecule has 0 aliphatic carbocycles. The minimum Gasteiger partial charge on any atom is -0.370 e. The highest BCUT2D eigenvalue weighted by molar-refractivity contribution is 5.48. The van der Waals surface area contributed by atoms with Crippen LogP contribution in [0.1, 0.15) is 39.4 Å². The van der Waals surface area contributed by atoms with Crippen LogP contribution in [0.15, 0.2) is 6.07 Å². The average Bonchev–Trinajstić information content (AvgIpc) is 2.37. The molecule has 0 radical (unpaired) electrons. The lowest BCUT2D eigenvalue weighted by atomic mass is 10.2. The van der Waals surface area contributed by atoms with Crippen LogP contribution in [0.4, 0.5) is 11.6 Å². The van der Waals surface area contributed by atoms with Crippen LogP contribution in [0.5, 0.6) is 0 Å². The predicted molar refractivity (Wildman–Crippen MR) is 86.4 cm³/mol. The second-order valence-electron chi connectivity index (χ2n) is 5.47. The molecule has 0 aliphatic heterocycles. The molecular formula is C15H29N5. The van der Waals surface area contributed by atoms with Crippen LogP contribution >= 0.6 is 0 Å². The van der Waals surface area contributed by atoms with Gasteiger partial charge in [0.05, 0.1) is 0 Å². The Kier molecular flexibility index (Phi) is 7.30. The van der Waals surface area contributed by atoms with E-state index in [0.717, 1.165) is 49.8 Å². The largest absolute Gasteiger partial charge is 0.370 e. The van der Waals surface area contributed by atoms with Crippen molar-refractivity contribution in [1.29, 1.82) is 0 Å². The molecule has 0 aromatic carbocycles. The predicted octanol–water partition coefficient (Wildman–Crippen LogP) is 2.61. The van der Waals surface area contributed by atoms with E-state index in [4.69, 9.17) is 0 Å². The highest BCUT2D eigenvalue weighted by atomic mass is 15.1. The van der Waals surface area contributed by atoms with Gasteiger partial charge in [0.15, 0.2) is 0 Å². The monoisotopic (exact) mass is 279 g/mol. The molecule has 1 heterocycles. The van der Waals surface area contributed by atoms with E-state index in [9.17, 15) is 0 Å². The van der Waals surface area contributed by atoms with Crippen LogP contribution in [0, 0.1) is 0 Å². The first-order valence-electron chi connectivity index (χ1n) is 7.58. The van der Waals surface area contributed by atoms with E-state index in [2.05, 4.69) is 60.4 Å². The van der Waals surface area contributed by atoms with Crippen molar-refractivity contribution in [3.05, 3.63) is 11.9 Å². The fourth-order valence-electron chi connectivity index (χ4n) is 1.95. The lowest BCUT2D eigenvalue weighted by molar-refractivity contribution is 0.390. The first-order valence-corrected chi connectivity index (χ1v) is 7.58. The van der Waals surface area contributed by atoms with E-state index < -0.39 is 0 Å². The highest BCUT2D eigenvalue weighted by Gasteiger charge is 2.07. The van der Waals surface area contributed by atoms with Gasteiger partial charge < -0.3 is 15.5 Å². The van der Waals surface area contributed by atoms with E-state index in [1.54, 1.807) is 0 Å². The summed E-state index contributed by atoms with van der Waals surface area (Å²) in [6, 6.07) is 2.39. The molecule has 5 heteroatoms. The molecule has 0 aliphatic rings. The molecule has 0 spiro atoms. The standard InChI is InChI=1S/C15H29N5/c1-6-8-13-18-14(16-7-2)11-15(19-13)17-12(3)9-10-20(4)5/h11-12H,6-10H2,1-5H3,(H2,16,17,18,19). The smallest absolute Gasteiger partial charge is 0.133 e. The molecule has 1 rings (SSSR count).